The predicted octanol–water partition coefficient (Wildman–Crippen LogP) is 4.60. The SMILES string of the molecule is C=C/C=N\C(=C/C)Oc1ccc(/N=C(\NC(=O)N(C=O)CCC(=O)O)N(C)Cc2ccc(Cl)cc2)cc1. The van der Waals surface area contributed by atoms with Crippen molar-refractivity contribution in [3.63, 3.8) is 0 Å². The van der Waals surface area contributed by atoms with Gasteiger partial charge in [0.15, 0.2) is 0 Å². The fourth-order valence-corrected chi connectivity index (χ4v) is 2.98. The number of imide groups is 1. The van der Waals surface area contributed by atoms with Crippen LogP contribution in [0.5, 0.6) is 5.75 Å². The molecule has 0 unspecified atom stereocenters. The van der Waals surface area contributed by atoms with E-state index in [0.717, 1.165) is 10.5 Å². The summed E-state index contributed by atoms with van der Waals surface area (Å²) in [5.74, 6) is -0.0798. The third kappa shape index (κ3) is 9.98. The Kier molecular flexibility index (Phi) is 11.6. The van der Waals surface area contributed by atoms with Gasteiger partial charge in [0.1, 0.15) is 5.75 Å². The first kappa shape index (κ1) is 28.8. The van der Waals surface area contributed by atoms with Crippen molar-refractivity contribution in [1.29, 1.82) is 0 Å². The Morgan fingerprint density at radius 2 is 1.84 bits per heavy atom. The number of halogens is 1. The lowest BCUT2D eigenvalue weighted by molar-refractivity contribution is -0.137. The first-order valence-corrected chi connectivity index (χ1v) is 11.5. The molecule has 0 heterocycles. The molecule has 0 fully saturated rings. The molecule has 194 valence electrons. The third-order valence-electron chi connectivity index (χ3n) is 4.72. The number of aliphatic imine (C=N–C) groups is 2. The second kappa shape index (κ2) is 14.8. The maximum Gasteiger partial charge on any atom is 0.330 e. The van der Waals surface area contributed by atoms with Crippen molar-refractivity contribution in [2.24, 2.45) is 9.98 Å². The second-order valence-electron chi connectivity index (χ2n) is 7.53. The number of ether oxygens (including phenoxy) is 1. The second-order valence-corrected chi connectivity index (χ2v) is 7.96. The molecule has 0 saturated heterocycles. The lowest BCUT2D eigenvalue weighted by Gasteiger charge is -2.24. The molecule has 2 N–H and O–H groups in total. The highest BCUT2D eigenvalue weighted by Crippen LogP contribution is 2.21. The van der Waals surface area contributed by atoms with E-state index in [1.54, 1.807) is 61.3 Å². The van der Waals surface area contributed by atoms with Crippen LogP contribution in [-0.4, -0.2) is 59.1 Å². The number of nitrogens with zero attached hydrogens (tertiary/aromatic N) is 4. The van der Waals surface area contributed by atoms with Gasteiger partial charge in [-0.2, -0.15) is 0 Å². The van der Waals surface area contributed by atoms with Crippen molar-refractivity contribution in [3.8, 4) is 5.75 Å². The van der Waals surface area contributed by atoms with Gasteiger partial charge in [-0.25, -0.2) is 14.8 Å². The van der Waals surface area contributed by atoms with Crippen LogP contribution in [0.25, 0.3) is 0 Å². The van der Waals surface area contributed by atoms with Gasteiger partial charge in [0.2, 0.25) is 18.3 Å². The fourth-order valence-electron chi connectivity index (χ4n) is 2.85. The maximum atomic E-state index is 12.7. The number of carboxylic acid groups (broad SMARTS) is 1. The van der Waals surface area contributed by atoms with Crippen molar-refractivity contribution in [3.05, 3.63) is 83.7 Å². The van der Waals surface area contributed by atoms with Crippen molar-refractivity contribution < 1.29 is 24.2 Å². The lowest BCUT2D eigenvalue weighted by atomic mass is 10.2. The Morgan fingerprint density at radius 1 is 1.16 bits per heavy atom. The number of allylic oxidation sites excluding steroid dienone is 2. The summed E-state index contributed by atoms with van der Waals surface area (Å²) in [4.78, 5) is 46.0. The molecular weight excluding hydrogens is 498 g/mol. The van der Waals surface area contributed by atoms with E-state index in [0.29, 0.717) is 28.9 Å². The Morgan fingerprint density at radius 3 is 2.41 bits per heavy atom. The van der Waals surface area contributed by atoms with Gasteiger partial charge in [-0.05, 0) is 55.0 Å². The number of carboxylic acids is 1. The zero-order valence-electron chi connectivity index (χ0n) is 20.5. The van der Waals surface area contributed by atoms with E-state index >= 15 is 0 Å². The molecule has 0 spiro atoms. The summed E-state index contributed by atoms with van der Waals surface area (Å²) in [6, 6.07) is 13.1. The Labute approximate surface area is 220 Å². The number of amides is 3. The number of guanidine groups is 1. The molecule has 0 bridgehead atoms. The molecule has 0 aliphatic heterocycles. The van der Waals surface area contributed by atoms with E-state index in [2.05, 4.69) is 21.9 Å². The summed E-state index contributed by atoms with van der Waals surface area (Å²) in [5, 5.41) is 12.1. The number of carbonyl (C=O) groups excluding carboxylic acids is 2. The van der Waals surface area contributed by atoms with E-state index in [9.17, 15) is 14.4 Å². The summed E-state index contributed by atoms with van der Waals surface area (Å²) in [7, 11) is 1.71. The molecule has 37 heavy (non-hydrogen) atoms. The minimum Gasteiger partial charge on any atom is -0.481 e. The number of hydrogen-bond donors (Lipinski definition) is 2. The van der Waals surface area contributed by atoms with Crippen LogP contribution in [-0.2, 0) is 16.1 Å². The lowest BCUT2D eigenvalue weighted by Crippen LogP contribution is -2.48. The van der Waals surface area contributed by atoms with Gasteiger partial charge >= 0.3 is 12.0 Å². The largest absolute Gasteiger partial charge is 0.481 e. The zero-order valence-corrected chi connectivity index (χ0v) is 21.3. The highest BCUT2D eigenvalue weighted by Gasteiger charge is 2.18. The van der Waals surface area contributed by atoms with Crippen molar-refractivity contribution >= 4 is 47.9 Å². The molecule has 11 heteroatoms. The van der Waals surface area contributed by atoms with Crippen LogP contribution < -0.4 is 10.1 Å². The quantitative estimate of drug-likeness (QED) is 0.191. The molecule has 10 nitrogen and oxygen atoms in total. The highest BCUT2D eigenvalue weighted by molar-refractivity contribution is 6.30. The monoisotopic (exact) mass is 525 g/mol. The van der Waals surface area contributed by atoms with Crippen molar-refractivity contribution in [1.82, 2.24) is 15.1 Å². The molecule has 2 aromatic carbocycles. The van der Waals surface area contributed by atoms with Crippen LogP contribution in [0.15, 0.2) is 83.1 Å². The van der Waals surface area contributed by atoms with Gasteiger partial charge in [0.05, 0.1) is 12.1 Å². The van der Waals surface area contributed by atoms with Gasteiger partial charge in [-0.3, -0.25) is 19.8 Å². The average Bonchev–Trinajstić information content (AvgIpc) is 2.88. The van der Waals surface area contributed by atoms with Crippen LogP contribution in [0.2, 0.25) is 5.02 Å². The number of urea groups is 1. The number of aliphatic carboxylic acids is 1. The predicted molar refractivity (Wildman–Crippen MR) is 143 cm³/mol. The van der Waals surface area contributed by atoms with Crippen LogP contribution in [0.4, 0.5) is 10.5 Å². The summed E-state index contributed by atoms with van der Waals surface area (Å²) in [6.45, 7) is 5.44. The van der Waals surface area contributed by atoms with Crippen LogP contribution >= 0.6 is 11.6 Å². The molecule has 2 aromatic rings. The van der Waals surface area contributed by atoms with Gasteiger partial charge in [0.25, 0.3) is 0 Å². The van der Waals surface area contributed by atoms with Gasteiger partial charge in [-0.15, -0.1) is 0 Å². The van der Waals surface area contributed by atoms with Gasteiger partial charge < -0.3 is 14.7 Å². The van der Waals surface area contributed by atoms with Crippen molar-refractivity contribution in [2.75, 3.05) is 13.6 Å². The molecule has 0 aliphatic rings. The Balaban J connectivity index is 2.28. The Hall–Kier alpha value is -4.44. The molecule has 0 aromatic heterocycles. The standard InChI is InChI=1S/C26H28ClN5O5/c1-4-15-28-23(5-2)37-22-12-10-21(11-13-22)29-25(30-26(36)32(18-33)16-14-24(34)35)31(3)17-19-6-8-20(27)9-7-19/h4-13,15,18H,1,14,16-17H2,2-3H3,(H,34,35)(H,29,30,36)/b23-5+,28-15-. The summed E-state index contributed by atoms with van der Waals surface area (Å²) in [5.41, 5.74) is 1.39. The average molecular weight is 526 g/mol. The Bertz CT molecular complexity index is 1180. The van der Waals surface area contributed by atoms with E-state index in [4.69, 9.17) is 21.4 Å². The fraction of sp³-hybridized carbons (Fsp3) is 0.192. The summed E-state index contributed by atoms with van der Waals surface area (Å²) in [6.07, 6.45) is 4.64. The zero-order chi connectivity index (χ0) is 27.2. The number of benzene rings is 2. The first-order valence-electron chi connectivity index (χ1n) is 11.1. The number of rotatable bonds is 11. The molecule has 0 saturated carbocycles. The number of nitrogens with one attached hydrogen (secondary N) is 1. The smallest absolute Gasteiger partial charge is 0.330 e. The van der Waals surface area contributed by atoms with Gasteiger partial charge in [0, 0.05) is 31.4 Å². The normalized spacial score (nSPS) is 11.6. The first-order chi connectivity index (χ1) is 17.7. The van der Waals surface area contributed by atoms with Crippen LogP contribution in [0, 0.1) is 0 Å². The van der Waals surface area contributed by atoms with Gasteiger partial charge in [-0.1, -0.05) is 36.4 Å². The topological polar surface area (TPSA) is 124 Å². The third-order valence-corrected chi connectivity index (χ3v) is 4.97. The molecule has 2 rings (SSSR count). The molecular formula is C26H28ClN5O5. The molecule has 0 atom stereocenters. The van der Waals surface area contributed by atoms with E-state index in [-0.39, 0.29) is 25.3 Å². The summed E-state index contributed by atoms with van der Waals surface area (Å²) >= 11 is 5.97. The number of hydrogen-bond acceptors (Lipinski definition) is 6. The molecule has 3 amide bonds. The van der Waals surface area contributed by atoms with E-state index in [1.807, 2.05) is 12.1 Å². The van der Waals surface area contributed by atoms with Crippen LogP contribution in [0.1, 0.15) is 18.9 Å². The summed E-state index contributed by atoms with van der Waals surface area (Å²) < 4.78 is 5.70. The highest BCUT2D eigenvalue weighted by atomic mass is 35.5. The maximum absolute atomic E-state index is 12.7. The van der Waals surface area contributed by atoms with E-state index < -0.39 is 12.0 Å². The minimum atomic E-state index is -1.13. The molecule has 0 aliphatic carbocycles. The van der Waals surface area contributed by atoms with Crippen molar-refractivity contribution in [2.45, 2.75) is 19.9 Å². The number of carbonyl (C=O) groups is 3. The molecule has 0 radical (unpaired) electrons. The minimum absolute atomic E-state index is 0.139. The van der Waals surface area contributed by atoms with E-state index in [1.165, 1.54) is 12.3 Å². The van der Waals surface area contributed by atoms with Crippen LogP contribution in [0.3, 0.4) is 0 Å².